The fraction of sp³-hybridized carbons (Fsp3) is 0.233. The molecule has 0 saturated heterocycles. The zero-order chi connectivity index (χ0) is 26.6. The Kier molecular flexibility index (Phi) is 7.66. The quantitative estimate of drug-likeness (QED) is 0.306. The van der Waals surface area contributed by atoms with Gasteiger partial charge in [-0.3, -0.25) is 9.59 Å². The van der Waals surface area contributed by atoms with E-state index >= 15 is 0 Å². The van der Waals surface area contributed by atoms with Crippen LogP contribution in [0.5, 0.6) is 0 Å². The van der Waals surface area contributed by atoms with Crippen LogP contribution in [-0.2, 0) is 22.4 Å². The number of rotatable bonds is 7. The molecule has 0 radical (unpaired) electrons. The molecular weight excluding hydrogens is 486 g/mol. The van der Waals surface area contributed by atoms with Crippen molar-refractivity contribution >= 4 is 34.4 Å². The maximum Gasteiger partial charge on any atom is 0.310 e. The van der Waals surface area contributed by atoms with E-state index in [0.717, 1.165) is 16.5 Å². The molecule has 0 bridgehead atoms. The Morgan fingerprint density at radius 3 is 2.43 bits per heavy atom. The zero-order valence-electron chi connectivity index (χ0n) is 21.0. The summed E-state index contributed by atoms with van der Waals surface area (Å²) in [6, 6.07) is 22.6. The molecule has 188 valence electrons. The second-order valence-corrected chi connectivity index (χ2v) is 10.3. The van der Waals surface area contributed by atoms with Crippen molar-refractivity contribution in [3.8, 4) is 11.8 Å². The van der Waals surface area contributed by atoms with Crippen molar-refractivity contribution in [1.82, 2.24) is 9.88 Å². The van der Waals surface area contributed by atoms with E-state index in [-0.39, 0.29) is 18.3 Å². The Bertz CT molecular complexity index is 1490. The summed E-state index contributed by atoms with van der Waals surface area (Å²) in [5.41, 5.74) is 3.83. The number of hydrogen-bond acceptors (Lipinski definition) is 4. The number of carbonyl (C=O) groups is 2. The standard InChI is InChI=1S/C30H28ClN3O3/c1-30(2,3)37-28(35)17-21-6-10-27(24(16-21)19-32)34-15-13-22-18-23(7-11-26(22)34)29(36)33-14-12-20-4-8-25(31)9-5-20/h4-11,13,15-16,18H,12,14,17H2,1-3H3,(H,33,36). The summed E-state index contributed by atoms with van der Waals surface area (Å²) < 4.78 is 7.30. The van der Waals surface area contributed by atoms with Gasteiger partial charge in [-0.05, 0) is 86.8 Å². The van der Waals surface area contributed by atoms with E-state index in [4.69, 9.17) is 16.3 Å². The van der Waals surface area contributed by atoms with Gasteiger partial charge >= 0.3 is 5.97 Å². The molecule has 1 aromatic heterocycles. The molecule has 0 atom stereocenters. The Morgan fingerprint density at radius 2 is 1.73 bits per heavy atom. The third-order valence-corrected chi connectivity index (χ3v) is 6.03. The summed E-state index contributed by atoms with van der Waals surface area (Å²) in [5.74, 6) is -0.484. The van der Waals surface area contributed by atoms with Crippen LogP contribution < -0.4 is 5.32 Å². The lowest BCUT2D eigenvalue weighted by Gasteiger charge is -2.19. The largest absolute Gasteiger partial charge is 0.460 e. The lowest BCUT2D eigenvalue weighted by atomic mass is 10.1. The highest BCUT2D eigenvalue weighted by atomic mass is 35.5. The number of aromatic nitrogens is 1. The predicted molar refractivity (Wildman–Crippen MR) is 145 cm³/mol. The van der Waals surface area contributed by atoms with Crippen molar-refractivity contribution in [2.75, 3.05) is 6.54 Å². The summed E-state index contributed by atoms with van der Waals surface area (Å²) >= 11 is 5.92. The third-order valence-electron chi connectivity index (χ3n) is 5.77. The van der Waals surface area contributed by atoms with E-state index in [9.17, 15) is 14.9 Å². The van der Waals surface area contributed by atoms with E-state index < -0.39 is 5.60 Å². The van der Waals surface area contributed by atoms with E-state index in [2.05, 4.69) is 11.4 Å². The molecule has 0 fully saturated rings. The van der Waals surface area contributed by atoms with Gasteiger partial charge in [0, 0.05) is 28.7 Å². The van der Waals surface area contributed by atoms with Gasteiger partial charge in [-0.15, -0.1) is 0 Å². The number of ether oxygens (including phenoxy) is 1. The first-order valence-electron chi connectivity index (χ1n) is 12.0. The maximum absolute atomic E-state index is 12.7. The summed E-state index contributed by atoms with van der Waals surface area (Å²) in [7, 11) is 0. The first kappa shape index (κ1) is 26.0. The van der Waals surface area contributed by atoms with Crippen LogP contribution in [0.4, 0.5) is 0 Å². The van der Waals surface area contributed by atoms with E-state index in [1.54, 1.807) is 12.1 Å². The second-order valence-electron chi connectivity index (χ2n) is 9.82. The first-order chi connectivity index (χ1) is 17.6. The fourth-order valence-corrected chi connectivity index (χ4v) is 4.23. The maximum atomic E-state index is 12.7. The number of carbonyl (C=O) groups excluding carboxylic acids is 2. The molecule has 4 aromatic rings. The number of amides is 1. The first-order valence-corrected chi connectivity index (χ1v) is 12.4. The van der Waals surface area contributed by atoms with E-state index in [1.807, 2.05) is 86.1 Å². The zero-order valence-corrected chi connectivity index (χ0v) is 21.8. The highest BCUT2D eigenvalue weighted by Gasteiger charge is 2.18. The minimum Gasteiger partial charge on any atom is -0.460 e. The summed E-state index contributed by atoms with van der Waals surface area (Å²) in [6.07, 6.45) is 2.67. The van der Waals surface area contributed by atoms with Gasteiger partial charge < -0.3 is 14.6 Å². The van der Waals surface area contributed by atoms with Crippen molar-refractivity contribution in [1.29, 1.82) is 5.26 Å². The third kappa shape index (κ3) is 6.58. The SMILES string of the molecule is CC(C)(C)OC(=O)Cc1ccc(-n2ccc3cc(C(=O)NCCc4ccc(Cl)cc4)ccc32)c(C#N)c1. The van der Waals surface area contributed by atoms with Gasteiger partial charge in [-0.2, -0.15) is 5.26 Å². The monoisotopic (exact) mass is 513 g/mol. The minimum atomic E-state index is -0.564. The lowest BCUT2D eigenvalue weighted by Crippen LogP contribution is -2.25. The number of hydrogen-bond donors (Lipinski definition) is 1. The molecule has 1 amide bonds. The minimum absolute atomic E-state index is 0.0924. The highest BCUT2D eigenvalue weighted by Crippen LogP contribution is 2.25. The molecule has 7 heteroatoms. The second kappa shape index (κ2) is 10.9. The van der Waals surface area contributed by atoms with Crippen LogP contribution in [0.25, 0.3) is 16.6 Å². The van der Waals surface area contributed by atoms with E-state index in [0.29, 0.717) is 40.4 Å². The number of nitrogens with one attached hydrogen (secondary N) is 1. The normalized spacial score (nSPS) is 11.2. The van der Waals surface area contributed by atoms with Gasteiger partial charge in [0.25, 0.3) is 5.91 Å². The Labute approximate surface area is 221 Å². The molecule has 0 aliphatic rings. The van der Waals surface area contributed by atoms with Gasteiger partial charge in [0.1, 0.15) is 11.7 Å². The Hall–Kier alpha value is -4.08. The van der Waals surface area contributed by atoms with Crippen molar-refractivity contribution in [3.05, 3.63) is 100 Å². The van der Waals surface area contributed by atoms with Crippen LogP contribution in [0, 0.1) is 11.3 Å². The van der Waals surface area contributed by atoms with E-state index in [1.165, 1.54) is 0 Å². The molecule has 0 spiro atoms. The number of halogens is 1. The summed E-state index contributed by atoms with van der Waals surface area (Å²) in [4.78, 5) is 24.9. The molecule has 1 heterocycles. The topological polar surface area (TPSA) is 84.1 Å². The van der Waals surface area contributed by atoms with Crippen molar-refractivity contribution in [3.63, 3.8) is 0 Å². The molecule has 0 unspecified atom stereocenters. The molecule has 4 rings (SSSR count). The number of esters is 1. The highest BCUT2D eigenvalue weighted by molar-refractivity contribution is 6.30. The Morgan fingerprint density at radius 1 is 1.00 bits per heavy atom. The van der Waals surface area contributed by atoms with Crippen LogP contribution in [-0.4, -0.2) is 28.6 Å². The van der Waals surface area contributed by atoms with Crippen molar-refractivity contribution in [2.45, 2.75) is 39.2 Å². The van der Waals surface area contributed by atoms with Gasteiger partial charge in [0.05, 0.1) is 23.2 Å². The molecule has 0 aliphatic heterocycles. The summed E-state index contributed by atoms with van der Waals surface area (Å²) in [6.45, 7) is 5.98. The van der Waals surface area contributed by atoms with Crippen LogP contribution >= 0.6 is 11.6 Å². The molecule has 0 aliphatic carbocycles. The van der Waals surface area contributed by atoms with Crippen LogP contribution in [0.3, 0.4) is 0 Å². The molecule has 6 nitrogen and oxygen atoms in total. The van der Waals surface area contributed by atoms with Crippen LogP contribution in [0.2, 0.25) is 5.02 Å². The number of nitrogens with zero attached hydrogens (tertiary/aromatic N) is 2. The fourth-order valence-electron chi connectivity index (χ4n) is 4.10. The molecule has 0 saturated carbocycles. The predicted octanol–water partition coefficient (Wildman–Crippen LogP) is 6.01. The molecule has 3 aromatic carbocycles. The van der Waals surface area contributed by atoms with Gasteiger partial charge in [-0.1, -0.05) is 29.8 Å². The Balaban J connectivity index is 1.48. The molecular formula is C30H28ClN3O3. The van der Waals surface area contributed by atoms with Gasteiger partial charge in [0.2, 0.25) is 0 Å². The number of nitriles is 1. The number of fused-ring (bicyclic) bond motifs is 1. The van der Waals surface area contributed by atoms with Crippen LogP contribution in [0.1, 0.15) is 47.8 Å². The van der Waals surface area contributed by atoms with Gasteiger partial charge in [-0.25, -0.2) is 0 Å². The average Bonchev–Trinajstić information content (AvgIpc) is 3.27. The number of benzene rings is 3. The van der Waals surface area contributed by atoms with Crippen LogP contribution in [0.15, 0.2) is 72.9 Å². The van der Waals surface area contributed by atoms with Gasteiger partial charge in [0.15, 0.2) is 0 Å². The average molecular weight is 514 g/mol. The van der Waals surface area contributed by atoms with Crippen molar-refractivity contribution < 1.29 is 14.3 Å². The van der Waals surface area contributed by atoms with Crippen molar-refractivity contribution in [2.24, 2.45) is 0 Å². The smallest absolute Gasteiger partial charge is 0.310 e. The summed E-state index contributed by atoms with van der Waals surface area (Å²) in [5, 5.41) is 14.3. The molecule has 37 heavy (non-hydrogen) atoms. The lowest BCUT2D eigenvalue weighted by molar-refractivity contribution is -0.153. The molecule has 1 N–H and O–H groups in total.